The van der Waals surface area contributed by atoms with Gasteiger partial charge < -0.3 is 20.2 Å². The fourth-order valence-electron chi connectivity index (χ4n) is 4.13. The quantitative estimate of drug-likeness (QED) is 0.842. The summed E-state index contributed by atoms with van der Waals surface area (Å²) >= 11 is 0. The van der Waals surface area contributed by atoms with Crippen LogP contribution >= 0.6 is 0 Å². The highest BCUT2D eigenvalue weighted by molar-refractivity contribution is 5.88. The maximum atomic E-state index is 12.3. The van der Waals surface area contributed by atoms with Crippen molar-refractivity contribution in [3.05, 3.63) is 29.8 Å². The van der Waals surface area contributed by atoms with Crippen LogP contribution in [0.3, 0.4) is 0 Å². The van der Waals surface area contributed by atoms with Crippen molar-refractivity contribution in [2.75, 3.05) is 45.6 Å². The predicted octanol–water partition coefficient (Wildman–Crippen LogP) is 1.59. The van der Waals surface area contributed by atoms with Crippen molar-refractivity contribution in [2.45, 2.75) is 31.9 Å². The summed E-state index contributed by atoms with van der Waals surface area (Å²) < 4.78 is 0. The summed E-state index contributed by atoms with van der Waals surface area (Å²) in [5.41, 5.74) is 1.31. The Morgan fingerprint density at radius 3 is 2.48 bits per heavy atom. The molecule has 2 heterocycles. The average Bonchev–Trinajstić information content (AvgIpc) is 2.62. The molecule has 148 valence electrons. The molecule has 0 aliphatic carbocycles. The number of carbonyl (C=O) groups is 2. The Morgan fingerprint density at radius 2 is 1.85 bits per heavy atom. The Morgan fingerprint density at radius 1 is 1.19 bits per heavy atom. The Hall–Kier alpha value is -2.12. The molecule has 0 saturated carbocycles. The summed E-state index contributed by atoms with van der Waals surface area (Å²) in [5.74, 6) is -0.00487. The van der Waals surface area contributed by atoms with E-state index in [9.17, 15) is 14.7 Å². The number of fused-ring (bicyclic) bond motifs is 1. The van der Waals surface area contributed by atoms with Crippen molar-refractivity contribution in [2.24, 2.45) is 5.92 Å². The van der Waals surface area contributed by atoms with Crippen LogP contribution < -0.4 is 5.32 Å². The number of benzene rings is 1. The third-order valence-corrected chi connectivity index (χ3v) is 5.69. The molecule has 2 aliphatic heterocycles. The van der Waals surface area contributed by atoms with Crippen molar-refractivity contribution in [3.8, 4) is 0 Å². The molecule has 1 aromatic carbocycles. The molecule has 2 saturated heterocycles. The Kier molecular flexibility index (Phi) is 5.72. The minimum absolute atomic E-state index is 0.0164. The molecule has 3 rings (SSSR count). The zero-order valence-corrected chi connectivity index (χ0v) is 16.4. The summed E-state index contributed by atoms with van der Waals surface area (Å²) in [6.07, 6.45) is 1.39. The fraction of sp³-hybridized carbons (Fsp3) is 0.600. The molecular formula is C20H30N4O3. The molecule has 2 N–H and O–H groups in total. The van der Waals surface area contributed by atoms with Gasteiger partial charge in [-0.1, -0.05) is 12.1 Å². The van der Waals surface area contributed by atoms with E-state index in [-0.39, 0.29) is 17.9 Å². The number of amides is 3. The van der Waals surface area contributed by atoms with Gasteiger partial charge in [0.25, 0.3) is 0 Å². The smallest absolute Gasteiger partial charge is 0.319 e. The van der Waals surface area contributed by atoms with Crippen LogP contribution in [-0.2, 0) is 11.3 Å². The van der Waals surface area contributed by atoms with Crippen LogP contribution in [0.25, 0.3) is 0 Å². The molecule has 0 radical (unpaired) electrons. The Labute approximate surface area is 160 Å². The van der Waals surface area contributed by atoms with Crippen LogP contribution in [-0.4, -0.2) is 77.6 Å². The van der Waals surface area contributed by atoms with E-state index in [1.54, 1.807) is 19.0 Å². The van der Waals surface area contributed by atoms with Gasteiger partial charge in [-0.2, -0.15) is 0 Å². The molecule has 0 spiro atoms. The fourth-order valence-corrected chi connectivity index (χ4v) is 4.13. The Balaban J connectivity index is 1.61. The van der Waals surface area contributed by atoms with Crippen molar-refractivity contribution in [3.63, 3.8) is 0 Å². The van der Waals surface area contributed by atoms with Crippen molar-refractivity contribution in [1.82, 2.24) is 14.7 Å². The third kappa shape index (κ3) is 4.59. The molecule has 2 aliphatic rings. The van der Waals surface area contributed by atoms with Gasteiger partial charge in [-0.15, -0.1) is 0 Å². The number of nitrogens with zero attached hydrogens (tertiary/aromatic N) is 3. The minimum Gasteiger partial charge on any atom is -0.389 e. The monoisotopic (exact) mass is 374 g/mol. The lowest BCUT2D eigenvalue weighted by atomic mass is 9.75. The van der Waals surface area contributed by atoms with Crippen LogP contribution in [0.15, 0.2) is 24.3 Å². The maximum absolute atomic E-state index is 12.3. The number of hydrogen-bond acceptors (Lipinski definition) is 4. The van der Waals surface area contributed by atoms with Crippen molar-refractivity contribution >= 4 is 17.6 Å². The number of carbonyl (C=O) groups excluding carboxylic acids is 2. The largest absolute Gasteiger partial charge is 0.389 e. The molecule has 0 aromatic heterocycles. The van der Waals surface area contributed by atoms with Gasteiger partial charge in [0.2, 0.25) is 5.91 Å². The Bertz CT molecular complexity index is 691. The molecule has 0 unspecified atom stereocenters. The summed E-state index contributed by atoms with van der Waals surface area (Å²) in [6, 6.07) is 7.89. The predicted molar refractivity (Wildman–Crippen MR) is 104 cm³/mol. The second-order valence-corrected chi connectivity index (χ2v) is 8.04. The van der Waals surface area contributed by atoms with Crippen molar-refractivity contribution < 1.29 is 14.7 Å². The number of nitrogens with one attached hydrogen (secondary N) is 1. The van der Waals surface area contributed by atoms with Gasteiger partial charge in [-0.3, -0.25) is 9.69 Å². The first kappa shape index (κ1) is 19.6. The molecule has 1 aromatic rings. The van der Waals surface area contributed by atoms with E-state index in [1.807, 2.05) is 29.2 Å². The first-order valence-electron chi connectivity index (χ1n) is 9.54. The second-order valence-electron chi connectivity index (χ2n) is 8.04. The lowest BCUT2D eigenvalue weighted by Gasteiger charge is -2.50. The van der Waals surface area contributed by atoms with Crippen LogP contribution in [0.5, 0.6) is 0 Å². The minimum atomic E-state index is -0.658. The molecule has 27 heavy (non-hydrogen) atoms. The first-order valence-corrected chi connectivity index (χ1v) is 9.54. The van der Waals surface area contributed by atoms with Crippen LogP contribution in [0.1, 0.15) is 25.3 Å². The SMILES string of the molecule is CC(=O)Nc1ccc(CN2CC[C@]3(O)CCN(C(=O)N(C)C)C[C@@H]3C2)cc1. The third-order valence-electron chi connectivity index (χ3n) is 5.69. The van der Waals surface area contributed by atoms with E-state index < -0.39 is 5.60 Å². The zero-order valence-electron chi connectivity index (χ0n) is 16.4. The van der Waals surface area contributed by atoms with Gasteiger partial charge in [0.05, 0.1) is 5.60 Å². The standard InChI is InChI=1S/C20H30N4O3/c1-15(25)21-18-6-4-16(5-7-18)12-23-10-8-20(27)9-11-24(14-17(20)13-23)19(26)22(2)3/h4-7,17,27H,8-14H2,1-3H3,(H,21,25)/t17-,20-/m0/s1. The highest BCUT2D eigenvalue weighted by atomic mass is 16.3. The van der Waals surface area contributed by atoms with E-state index >= 15 is 0 Å². The van der Waals surface area contributed by atoms with E-state index in [0.29, 0.717) is 19.5 Å². The summed E-state index contributed by atoms with van der Waals surface area (Å²) in [4.78, 5) is 29.2. The van der Waals surface area contributed by atoms with Gasteiger partial charge in [0.1, 0.15) is 0 Å². The number of hydrogen-bond donors (Lipinski definition) is 2. The molecule has 3 amide bonds. The van der Waals surface area contributed by atoms with Crippen LogP contribution in [0, 0.1) is 5.92 Å². The average molecular weight is 374 g/mol. The molecule has 7 heteroatoms. The first-order chi connectivity index (χ1) is 12.8. The number of anilines is 1. The number of rotatable bonds is 3. The van der Waals surface area contributed by atoms with Crippen LogP contribution in [0.2, 0.25) is 0 Å². The summed E-state index contributed by atoms with van der Waals surface area (Å²) in [7, 11) is 3.53. The number of likely N-dealkylation sites (tertiary alicyclic amines) is 2. The van der Waals surface area contributed by atoms with Gasteiger partial charge in [0, 0.05) is 65.3 Å². The number of aliphatic hydroxyl groups is 1. The molecule has 0 bridgehead atoms. The highest BCUT2D eigenvalue weighted by Crippen LogP contribution is 2.36. The highest BCUT2D eigenvalue weighted by Gasteiger charge is 2.45. The number of piperidine rings is 2. The number of urea groups is 1. The van der Waals surface area contributed by atoms with Crippen molar-refractivity contribution in [1.29, 1.82) is 0 Å². The van der Waals surface area contributed by atoms with E-state index in [2.05, 4.69) is 10.2 Å². The van der Waals surface area contributed by atoms with Gasteiger partial charge >= 0.3 is 6.03 Å². The molecular weight excluding hydrogens is 344 g/mol. The van der Waals surface area contributed by atoms with Gasteiger partial charge in [0.15, 0.2) is 0 Å². The topological polar surface area (TPSA) is 76.1 Å². The summed E-state index contributed by atoms with van der Waals surface area (Å²) in [5, 5.41) is 13.8. The molecule has 2 atom stereocenters. The van der Waals surface area contributed by atoms with Crippen LogP contribution in [0.4, 0.5) is 10.5 Å². The van der Waals surface area contributed by atoms with E-state index in [0.717, 1.165) is 31.7 Å². The molecule has 7 nitrogen and oxygen atoms in total. The second kappa shape index (κ2) is 7.86. The lowest BCUT2D eigenvalue weighted by Crippen LogP contribution is -2.61. The maximum Gasteiger partial charge on any atom is 0.319 e. The lowest BCUT2D eigenvalue weighted by molar-refractivity contribution is -0.114. The summed E-state index contributed by atoms with van der Waals surface area (Å²) in [6.45, 7) is 5.15. The van der Waals surface area contributed by atoms with E-state index in [4.69, 9.17) is 0 Å². The molecule has 2 fully saturated rings. The van der Waals surface area contributed by atoms with Gasteiger partial charge in [-0.25, -0.2) is 4.79 Å². The zero-order chi connectivity index (χ0) is 19.6. The normalized spacial score (nSPS) is 25.6. The van der Waals surface area contributed by atoms with E-state index in [1.165, 1.54) is 12.5 Å². The van der Waals surface area contributed by atoms with Gasteiger partial charge in [-0.05, 0) is 30.5 Å².